The molecule has 1 atom stereocenters. The number of nitro benzene ring substituents is 1. The summed E-state index contributed by atoms with van der Waals surface area (Å²) < 4.78 is 10.7. The number of carbonyl (C=O) groups is 2. The van der Waals surface area contributed by atoms with E-state index in [1.54, 1.807) is 38.3 Å². The molecule has 0 bridgehead atoms. The quantitative estimate of drug-likeness (QED) is 0.349. The van der Waals surface area contributed by atoms with Gasteiger partial charge in [-0.25, -0.2) is 9.78 Å². The number of nitrogens with zero attached hydrogens (tertiary/aromatic N) is 2. The molecule has 0 radical (unpaired) electrons. The Hall–Kier alpha value is -3.53. The fraction of sp³-hybridized carbons (Fsp3) is 0.250. The van der Waals surface area contributed by atoms with E-state index < -0.39 is 22.9 Å². The third kappa shape index (κ3) is 4.38. The van der Waals surface area contributed by atoms with Crippen LogP contribution in [-0.4, -0.2) is 27.9 Å². The fourth-order valence-corrected chi connectivity index (χ4v) is 3.54. The van der Waals surface area contributed by atoms with Crippen LogP contribution in [0.25, 0.3) is 11.3 Å². The summed E-state index contributed by atoms with van der Waals surface area (Å²) in [7, 11) is 0. The van der Waals surface area contributed by atoms with Gasteiger partial charge in [-0.05, 0) is 27.7 Å². The Labute approximate surface area is 175 Å². The van der Waals surface area contributed by atoms with E-state index in [4.69, 9.17) is 9.15 Å². The molecule has 0 fully saturated rings. The zero-order valence-corrected chi connectivity index (χ0v) is 17.5. The number of anilines is 1. The summed E-state index contributed by atoms with van der Waals surface area (Å²) in [5, 5.41) is 15.5. The number of aryl methyl sites for hydroxylation is 2. The molecule has 1 aromatic carbocycles. The van der Waals surface area contributed by atoms with Gasteiger partial charge in [0.25, 0.3) is 11.6 Å². The Morgan fingerprint density at radius 3 is 2.63 bits per heavy atom. The minimum atomic E-state index is -1.06. The van der Waals surface area contributed by atoms with Crippen LogP contribution in [0.15, 0.2) is 34.1 Å². The summed E-state index contributed by atoms with van der Waals surface area (Å²) in [6, 6.07) is 6.05. The van der Waals surface area contributed by atoms with Crippen LogP contribution < -0.4 is 5.32 Å². The molecule has 10 heteroatoms. The molecule has 30 heavy (non-hydrogen) atoms. The predicted octanol–water partition coefficient (Wildman–Crippen LogP) is 4.42. The van der Waals surface area contributed by atoms with Crippen LogP contribution in [0, 0.1) is 30.9 Å². The lowest BCUT2D eigenvalue weighted by Crippen LogP contribution is -2.30. The Kier molecular flexibility index (Phi) is 5.97. The maximum atomic E-state index is 12.4. The second-order valence-electron chi connectivity index (χ2n) is 6.60. The third-order valence-corrected chi connectivity index (χ3v) is 5.26. The summed E-state index contributed by atoms with van der Waals surface area (Å²) in [6.07, 6.45) is -1.06. The maximum Gasteiger partial charge on any atom is 0.342 e. The lowest BCUT2D eigenvalue weighted by molar-refractivity contribution is -0.384. The second kappa shape index (κ2) is 8.46. The van der Waals surface area contributed by atoms with Crippen molar-refractivity contribution in [1.82, 2.24) is 4.98 Å². The van der Waals surface area contributed by atoms with Crippen LogP contribution in [0.4, 0.5) is 10.8 Å². The van der Waals surface area contributed by atoms with Crippen molar-refractivity contribution >= 4 is 34.0 Å². The van der Waals surface area contributed by atoms with Gasteiger partial charge in [-0.3, -0.25) is 20.2 Å². The highest BCUT2D eigenvalue weighted by atomic mass is 32.1. The number of nitrogens with one attached hydrogen (secondary N) is 1. The molecule has 0 spiro atoms. The van der Waals surface area contributed by atoms with E-state index in [0.29, 0.717) is 33.9 Å². The molecule has 9 nitrogen and oxygen atoms in total. The number of carbonyl (C=O) groups excluding carboxylic acids is 2. The van der Waals surface area contributed by atoms with E-state index in [1.807, 2.05) is 0 Å². The number of aromatic nitrogens is 1. The van der Waals surface area contributed by atoms with Crippen molar-refractivity contribution in [1.29, 1.82) is 0 Å². The van der Waals surface area contributed by atoms with E-state index >= 15 is 0 Å². The van der Waals surface area contributed by atoms with Gasteiger partial charge in [0.15, 0.2) is 11.2 Å². The van der Waals surface area contributed by atoms with Gasteiger partial charge in [0, 0.05) is 28.6 Å². The first-order chi connectivity index (χ1) is 14.2. The van der Waals surface area contributed by atoms with Gasteiger partial charge < -0.3 is 9.15 Å². The minimum absolute atomic E-state index is 0.0494. The van der Waals surface area contributed by atoms with Crippen molar-refractivity contribution in [3.63, 3.8) is 0 Å². The molecule has 0 aliphatic carbocycles. The number of hydrogen-bond acceptors (Lipinski definition) is 8. The van der Waals surface area contributed by atoms with E-state index in [0.717, 1.165) is 11.3 Å². The average Bonchev–Trinajstić information content (AvgIpc) is 3.25. The van der Waals surface area contributed by atoms with Crippen molar-refractivity contribution in [2.75, 3.05) is 5.32 Å². The molecule has 2 aromatic heterocycles. The zero-order chi connectivity index (χ0) is 22.0. The van der Waals surface area contributed by atoms with Gasteiger partial charge in [-0.15, -0.1) is 11.3 Å². The molecule has 3 aromatic rings. The third-order valence-electron chi connectivity index (χ3n) is 4.51. The minimum Gasteiger partial charge on any atom is -0.465 e. The molecule has 1 amide bonds. The highest BCUT2D eigenvalue weighted by Crippen LogP contribution is 2.28. The van der Waals surface area contributed by atoms with Crippen LogP contribution in [-0.2, 0) is 9.53 Å². The summed E-state index contributed by atoms with van der Waals surface area (Å²) in [4.78, 5) is 39.5. The van der Waals surface area contributed by atoms with Crippen molar-refractivity contribution < 1.29 is 23.7 Å². The van der Waals surface area contributed by atoms with Crippen LogP contribution >= 0.6 is 11.3 Å². The SMILES string of the molecule is Cc1oc(C)c(C(=O)OC(C)C(=O)Nc2nc(-c3cccc([N+](=O)[O-])c3)cs2)c1C. The van der Waals surface area contributed by atoms with Crippen molar-refractivity contribution in [2.45, 2.75) is 33.8 Å². The average molecular weight is 429 g/mol. The predicted molar refractivity (Wildman–Crippen MR) is 111 cm³/mol. The molecule has 156 valence electrons. The summed E-state index contributed by atoms with van der Waals surface area (Å²) in [5.74, 6) is -0.128. The lowest BCUT2D eigenvalue weighted by Gasteiger charge is -2.12. The number of non-ortho nitro benzene ring substituents is 1. The van der Waals surface area contributed by atoms with Crippen LogP contribution in [0.3, 0.4) is 0 Å². The number of furan rings is 1. The number of amides is 1. The number of rotatable bonds is 6. The second-order valence-corrected chi connectivity index (χ2v) is 7.45. The van der Waals surface area contributed by atoms with Crippen molar-refractivity contribution in [3.8, 4) is 11.3 Å². The summed E-state index contributed by atoms with van der Waals surface area (Å²) in [5.41, 5.74) is 1.98. The van der Waals surface area contributed by atoms with Crippen LogP contribution in [0.2, 0.25) is 0 Å². The van der Waals surface area contributed by atoms with Crippen molar-refractivity contribution in [2.24, 2.45) is 0 Å². The van der Waals surface area contributed by atoms with Gasteiger partial charge in [0.1, 0.15) is 17.1 Å². The number of hydrogen-bond donors (Lipinski definition) is 1. The Bertz CT molecular complexity index is 1130. The monoisotopic (exact) mass is 429 g/mol. The molecule has 3 rings (SSSR count). The Morgan fingerprint density at radius 1 is 1.27 bits per heavy atom. The first-order valence-electron chi connectivity index (χ1n) is 8.96. The fourth-order valence-electron chi connectivity index (χ4n) is 2.82. The first kappa shape index (κ1) is 21.2. The van der Waals surface area contributed by atoms with Gasteiger partial charge in [0.05, 0.1) is 10.6 Å². The molecular weight excluding hydrogens is 410 g/mol. The van der Waals surface area contributed by atoms with E-state index in [-0.39, 0.29) is 10.8 Å². The van der Waals surface area contributed by atoms with Gasteiger partial charge >= 0.3 is 5.97 Å². The molecule has 1 unspecified atom stereocenters. The molecule has 0 saturated carbocycles. The van der Waals surface area contributed by atoms with Crippen molar-refractivity contribution in [3.05, 3.63) is 62.4 Å². The largest absolute Gasteiger partial charge is 0.465 e. The summed E-state index contributed by atoms with van der Waals surface area (Å²) in [6.45, 7) is 6.61. The Morgan fingerprint density at radius 2 is 2.00 bits per heavy atom. The van der Waals surface area contributed by atoms with Gasteiger partial charge in [-0.1, -0.05) is 12.1 Å². The molecule has 1 N–H and O–H groups in total. The number of esters is 1. The number of ether oxygens (including phenoxy) is 1. The maximum absolute atomic E-state index is 12.4. The number of benzene rings is 1. The van der Waals surface area contributed by atoms with Gasteiger partial charge in [0.2, 0.25) is 0 Å². The van der Waals surface area contributed by atoms with E-state index in [1.165, 1.54) is 19.1 Å². The molecule has 2 heterocycles. The number of thiazole rings is 1. The van der Waals surface area contributed by atoms with Crippen LogP contribution in [0.1, 0.15) is 34.4 Å². The standard InChI is InChI=1S/C20H19N3O6S/c1-10-11(2)28-12(3)17(10)19(25)29-13(4)18(24)22-20-21-16(9-30-20)14-6-5-7-15(8-14)23(26)27/h5-9,13H,1-4H3,(H,21,22,24). The van der Waals surface area contributed by atoms with E-state index in [9.17, 15) is 19.7 Å². The van der Waals surface area contributed by atoms with E-state index in [2.05, 4.69) is 10.3 Å². The summed E-state index contributed by atoms with van der Waals surface area (Å²) >= 11 is 1.16. The Balaban J connectivity index is 1.67. The highest BCUT2D eigenvalue weighted by molar-refractivity contribution is 7.14. The molecular formula is C20H19N3O6S. The zero-order valence-electron chi connectivity index (χ0n) is 16.7. The van der Waals surface area contributed by atoms with Crippen LogP contribution in [0.5, 0.6) is 0 Å². The first-order valence-corrected chi connectivity index (χ1v) is 9.84. The smallest absolute Gasteiger partial charge is 0.342 e. The topological polar surface area (TPSA) is 125 Å². The molecule has 0 aliphatic rings. The lowest BCUT2D eigenvalue weighted by atomic mass is 10.1. The highest BCUT2D eigenvalue weighted by Gasteiger charge is 2.25. The van der Waals surface area contributed by atoms with Gasteiger partial charge in [-0.2, -0.15) is 0 Å². The molecule has 0 aliphatic heterocycles. The normalized spacial score (nSPS) is 11.7. The molecule has 0 saturated heterocycles. The number of nitro groups is 1.